The van der Waals surface area contributed by atoms with Crippen LogP contribution in [0.15, 0.2) is 45.9 Å². The van der Waals surface area contributed by atoms with Gasteiger partial charge in [0, 0.05) is 0 Å². The summed E-state index contributed by atoms with van der Waals surface area (Å²) in [4.78, 5) is 11.6. The Morgan fingerprint density at radius 2 is 2.04 bits per heavy atom. The van der Waals surface area contributed by atoms with E-state index in [1.54, 1.807) is 6.07 Å². The second kappa shape index (κ2) is 8.78. The van der Waals surface area contributed by atoms with Gasteiger partial charge in [-0.05, 0) is 49.6 Å². The van der Waals surface area contributed by atoms with Gasteiger partial charge in [-0.1, -0.05) is 25.5 Å². The summed E-state index contributed by atoms with van der Waals surface area (Å²) in [6.07, 6.45) is 4.87. The van der Waals surface area contributed by atoms with Gasteiger partial charge in [0.1, 0.15) is 17.3 Å². The second-order valence-corrected chi connectivity index (χ2v) is 5.28. The van der Waals surface area contributed by atoms with Gasteiger partial charge in [0.2, 0.25) is 0 Å². The van der Waals surface area contributed by atoms with E-state index < -0.39 is 0 Å². The topological polar surface area (TPSA) is 63.8 Å². The van der Waals surface area contributed by atoms with Crippen molar-refractivity contribution in [2.45, 2.75) is 33.1 Å². The van der Waals surface area contributed by atoms with Crippen molar-refractivity contribution in [3.63, 3.8) is 0 Å². The number of ether oxygens (including phenoxy) is 1. The van der Waals surface area contributed by atoms with Gasteiger partial charge in [0.15, 0.2) is 6.61 Å². The molecule has 0 aliphatic rings. The van der Waals surface area contributed by atoms with Crippen LogP contribution >= 0.6 is 0 Å². The first kappa shape index (κ1) is 16.8. The molecule has 1 aromatic heterocycles. The Morgan fingerprint density at radius 3 is 2.70 bits per heavy atom. The quantitative estimate of drug-likeness (QED) is 0.599. The first-order valence-electron chi connectivity index (χ1n) is 7.77. The highest BCUT2D eigenvalue weighted by molar-refractivity contribution is 5.81. The number of benzene rings is 1. The number of amides is 1. The number of carbonyl (C=O) groups excluding carboxylic acids is 1. The smallest absolute Gasteiger partial charge is 0.277 e. The monoisotopic (exact) mass is 314 g/mol. The fourth-order valence-corrected chi connectivity index (χ4v) is 2.01. The summed E-state index contributed by atoms with van der Waals surface area (Å²) in [7, 11) is 0. The van der Waals surface area contributed by atoms with Crippen LogP contribution < -0.4 is 10.2 Å². The molecule has 5 nitrogen and oxygen atoms in total. The predicted octanol–water partition coefficient (Wildman–Crippen LogP) is 3.46. The Labute approximate surface area is 136 Å². The molecule has 0 bridgehead atoms. The normalized spacial score (nSPS) is 10.9. The van der Waals surface area contributed by atoms with E-state index in [-0.39, 0.29) is 12.5 Å². The van der Waals surface area contributed by atoms with Crippen LogP contribution in [0.1, 0.15) is 36.8 Å². The minimum atomic E-state index is -0.320. The Bertz CT molecular complexity index is 645. The highest BCUT2D eigenvalue weighted by Crippen LogP contribution is 2.13. The second-order valence-electron chi connectivity index (χ2n) is 5.28. The van der Waals surface area contributed by atoms with Crippen LogP contribution in [0.4, 0.5) is 0 Å². The molecule has 0 aliphatic heterocycles. The predicted molar refractivity (Wildman–Crippen MR) is 89.7 cm³/mol. The minimum absolute atomic E-state index is 0.0805. The minimum Gasteiger partial charge on any atom is -0.484 e. The van der Waals surface area contributed by atoms with Crippen molar-refractivity contribution in [3.8, 4) is 5.75 Å². The average Bonchev–Trinajstić information content (AvgIpc) is 2.97. The standard InChI is InChI=1S/C18H22N2O3/c1-3-4-5-15-7-10-16(11-8-15)22-13-18(21)20-19-12-17-9-6-14(2)23-17/h6-12H,3-5,13H2,1-2H3,(H,20,21)/b19-12+. The lowest BCUT2D eigenvalue weighted by molar-refractivity contribution is -0.123. The van der Waals surface area contributed by atoms with Gasteiger partial charge in [-0.3, -0.25) is 4.79 Å². The zero-order valence-electron chi connectivity index (χ0n) is 13.5. The highest BCUT2D eigenvalue weighted by Gasteiger charge is 2.02. The van der Waals surface area contributed by atoms with Crippen LogP contribution in [0.5, 0.6) is 5.75 Å². The Balaban J connectivity index is 1.72. The summed E-state index contributed by atoms with van der Waals surface area (Å²) in [5.74, 6) is 1.74. The van der Waals surface area contributed by atoms with E-state index in [0.29, 0.717) is 11.5 Å². The van der Waals surface area contributed by atoms with E-state index in [0.717, 1.165) is 12.2 Å². The maximum atomic E-state index is 11.6. The third-order valence-electron chi connectivity index (χ3n) is 3.25. The van der Waals surface area contributed by atoms with Gasteiger partial charge in [0.05, 0.1) is 6.21 Å². The van der Waals surface area contributed by atoms with E-state index in [1.165, 1.54) is 24.6 Å². The van der Waals surface area contributed by atoms with Gasteiger partial charge >= 0.3 is 0 Å². The van der Waals surface area contributed by atoms with Crippen LogP contribution in [-0.4, -0.2) is 18.7 Å². The number of hydrazone groups is 1. The van der Waals surface area contributed by atoms with Crippen LogP contribution in [0.3, 0.4) is 0 Å². The van der Waals surface area contributed by atoms with Crippen LogP contribution in [0.25, 0.3) is 0 Å². The number of carbonyl (C=O) groups is 1. The van der Waals surface area contributed by atoms with E-state index in [2.05, 4.69) is 17.5 Å². The van der Waals surface area contributed by atoms with Crippen LogP contribution in [0, 0.1) is 6.92 Å². The number of hydrogen-bond donors (Lipinski definition) is 1. The number of nitrogens with one attached hydrogen (secondary N) is 1. The summed E-state index contributed by atoms with van der Waals surface area (Å²) >= 11 is 0. The van der Waals surface area contributed by atoms with Crippen molar-refractivity contribution in [1.29, 1.82) is 0 Å². The van der Waals surface area contributed by atoms with Crippen molar-refractivity contribution in [3.05, 3.63) is 53.5 Å². The van der Waals surface area contributed by atoms with E-state index in [9.17, 15) is 4.79 Å². The van der Waals surface area contributed by atoms with Crippen molar-refractivity contribution in [2.24, 2.45) is 5.10 Å². The SMILES string of the molecule is CCCCc1ccc(OCC(=O)N/N=C/c2ccc(C)o2)cc1. The first-order chi connectivity index (χ1) is 11.2. The van der Waals surface area contributed by atoms with Crippen molar-refractivity contribution in [2.75, 3.05) is 6.61 Å². The number of aryl methyl sites for hydroxylation is 2. The number of furan rings is 1. The van der Waals surface area contributed by atoms with Crippen LogP contribution in [-0.2, 0) is 11.2 Å². The number of nitrogens with zero attached hydrogens (tertiary/aromatic N) is 1. The molecule has 1 aromatic carbocycles. The maximum Gasteiger partial charge on any atom is 0.277 e. The molecule has 1 heterocycles. The van der Waals surface area contributed by atoms with E-state index in [4.69, 9.17) is 9.15 Å². The Morgan fingerprint density at radius 1 is 1.26 bits per heavy atom. The summed E-state index contributed by atoms with van der Waals surface area (Å²) in [6.45, 7) is 3.94. The van der Waals surface area contributed by atoms with Crippen molar-refractivity contribution in [1.82, 2.24) is 5.43 Å². The van der Waals surface area contributed by atoms with Gasteiger partial charge in [0.25, 0.3) is 5.91 Å². The van der Waals surface area contributed by atoms with E-state index >= 15 is 0 Å². The van der Waals surface area contributed by atoms with Gasteiger partial charge in [-0.15, -0.1) is 0 Å². The molecule has 0 unspecified atom stereocenters. The molecule has 0 saturated heterocycles. The molecule has 1 amide bonds. The third kappa shape index (κ3) is 5.98. The van der Waals surface area contributed by atoms with Crippen molar-refractivity contribution >= 4 is 12.1 Å². The van der Waals surface area contributed by atoms with Gasteiger partial charge in [-0.2, -0.15) is 5.10 Å². The molecule has 0 fully saturated rings. The number of hydrogen-bond acceptors (Lipinski definition) is 4. The first-order valence-corrected chi connectivity index (χ1v) is 7.77. The molecule has 0 spiro atoms. The fraction of sp³-hybridized carbons (Fsp3) is 0.333. The Kier molecular flexibility index (Phi) is 6.41. The lowest BCUT2D eigenvalue weighted by atomic mass is 10.1. The molecule has 0 atom stereocenters. The molecule has 1 N–H and O–H groups in total. The van der Waals surface area contributed by atoms with Gasteiger partial charge in [-0.25, -0.2) is 5.43 Å². The summed E-state index contributed by atoms with van der Waals surface area (Å²) < 4.78 is 10.7. The van der Waals surface area contributed by atoms with Crippen molar-refractivity contribution < 1.29 is 13.9 Å². The molecular formula is C18H22N2O3. The maximum absolute atomic E-state index is 11.6. The molecule has 0 saturated carbocycles. The Hall–Kier alpha value is -2.56. The molecule has 0 radical (unpaired) electrons. The molecule has 2 rings (SSSR count). The fourth-order valence-electron chi connectivity index (χ4n) is 2.01. The average molecular weight is 314 g/mol. The lowest BCUT2D eigenvalue weighted by Crippen LogP contribution is -2.24. The molecule has 0 aliphatic carbocycles. The zero-order valence-corrected chi connectivity index (χ0v) is 13.5. The number of unbranched alkanes of at least 4 members (excludes halogenated alkanes) is 1. The lowest BCUT2D eigenvalue weighted by Gasteiger charge is -2.06. The molecule has 2 aromatic rings. The summed E-state index contributed by atoms with van der Waals surface area (Å²) in [6, 6.07) is 11.4. The van der Waals surface area contributed by atoms with Gasteiger partial charge < -0.3 is 9.15 Å². The number of rotatable bonds is 8. The largest absolute Gasteiger partial charge is 0.484 e. The third-order valence-corrected chi connectivity index (χ3v) is 3.25. The summed E-state index contributed by atoms with van der Waals surface area (Å²) in [5, 5.41) is 3.82. The zero-order chi connectivity index (χ0) is 16.5. The molecule has 23 heavy (non-hydrogen) atoms. The molecular weight excluding hydrogens is 292 g/mol. The van der Waals surface area contributed by atoms with E-state index in [1.807, 2.05) is 37.3 Å². The molecule has 5 heteroatoms. The summed E-state index contributed by atoms with van der Waals surface area (Å²) in [5.41, 5.74) is 3.68. The molecule has 122 valence electrons. The van der Waals surface area contributed by atoms with Crippen LogP contribution in [0.2, 0.25) is 0 Å². The highest BCUT2D eigenvalue weighted by atomic mass is 16.5.